The van der Waals surface area contributed by atoms with Gasteiger partial charge in [0.05, 0.1) is 12.7 Å². The van der Waals surface area contributed by atoms with Crippen LogP contribution in [0.5, 0.6) is 0 Å². The van der Waals surface area contributed by atoms with E-state index in [2.05, 4.69) is 0 Å². The summed E-state index contributed by atoms with van der Waals surface area (Å²) in [5.41, 5.74) is -0.190. The molecule has 0 bridgehead atoms. The summed E-state index contributed by atoms with van der Waals surface area (Å²) in [4.78, 5) is 0. The van der Waals surface area contributed by atoms with Gasteiger partial charge in [-0.25, -0.2) is 0 Å². The minimum atomic E-state index is -1.53. The Kier molecular flexibility index (Phi) is 5.69. The molecule has 0 radical (unpaired) electrons. The van der Waals surface area contributed by atoms with E-state index in [1.165, 1.54) is 0 Å². The zero-order valence-electron chi connectivity index (χ0n) is 9.46. The molecule has 5 nitrogen and oxygen atoms in total. The molecule has 0 unspecified atom stereocenters. The van der Waals surface area contributed by atoms with Gasteiger partial charge in [0.25, 0.3) is 0 Å². The second kappa shape index (κ2) is 5.77. The van der Waals surface area contributed by atoms with Crippen molar-refractivity contribution >= 4 is 0 Å². The topological polar surface area (TPSA) is 101 Å². The summed E-state index contributed by atoms with van der Waals surface area (Å²) in [6.07, 6.45) is -5.25. The first kappa shape index (κ1) is 14.8. The van der Waals surface area contributed by atoms with Crippen LogP contribution in [0.15, 0.2) is 0 Å². The summed E-state index contributed by atoms with van der Waals surface area (Å²) in [5.74, 6) is 0. The van der Waals surface area contributed by atoms with Crippen LogP contribution in [0.3, 0.4) is 0 Å². The lowest BCUT2D eigenvalue weighted by molar-refractivity contribution is -0.121. The lowest BCUT2D eigenvalue weighted by Crippen LogP contribution is -2.46. The molecule has 0 aromatic rings. The number of rotatable bonds is 5. The first-order valence-electron chi connectivity index (χ1n) is 5.02. The molecule has 5 heteroatoms. The number of hydrogen-bond acceptors (Lipinski definition) is 5. The first-order valence-corrected chi connectivity index (χ1v) is 5.02. The smallest absolute Gasteiger partial charge is 0.110 e. The van der Waals surface area contributed by atoms with Gasteiger partial charge in [0.2, 0.25) is 0 Å². The maximum atomic E-state index is 9.57. The van der Waals surface area contributed by atoms with E-state index in [1.807, 2.05) is 20.8 Å². The first-order chi connectivity index (χ1) is 6.69. The van der Waals surface area contributed by atoms with Crippen LogP contribution in [0.2, 0.25) is 0 Å². The molecule has 4 atom stereocenters. The number of hydrogen-bond donors (Lipinski definition) is 5. The van der Waals surface area contributed by atoms with Gasteiger partial charge in [-0.15, -0.1) is 0 Å². The maximum Gasteiger partial charge on any atom is 0.110 e. The highest BCUT2D eigenvalue weighted by Gasteiger charge is 2.32. The van der Waals surface area contributed by atoms with Gasteiger partial charge < -0.3 is 25.5 Å². The van der Waals surface area contributed by atoms with Crippen LogP contribution >= 0.6 is 0 Å². The van der Waals surface area contributed by atoms with Crippen molar-refractivity contribution in [3.8, 4) is 0 Å². The van der Waals surface area contributed by atoms with Gasteiger partial charge in [-0.2, -0.15) is 0 Å². The van der Waals surface area contributed by atoms with E-state index < -0.39 is 31.0 Å². The molecule has 0 aromatic carbocycles. The van der Waals surface area contributed by atoms with Crippen molar-refractivity contribution < 1.29 is 25.5 Å². The predicted molar refractivity (Wildman–Crippen MR) is 55.2 cm³/mol. The van der Waals surface area contributed by atoms with Crippen LogP contribution in [0.1, 0.15) is 27.2 Å². The molecule has 0 amide bonds. The van der Waals surface area contributed by atoms with E-state index in [0.29, 0.717) is 6.42 Å². The Morgan fingerprint density at radius 1 is 0.867 bits per heavy atom. The van der Waals surface area contributed by atoms with E-state index in [0.717, 1.165) is 0 Å². The summed E-state index contributed by atoms with van der Waals surface area (Å²) >= 11 is 0. The van der Waals surface area contributed by atoms with Gasteiger partial charge in [-0.1, -0.05) is 20.8 Å². The zero-order chi connectivity index (χ0) is 12.2. The van der Waals surface area contributed by atoms with Crippen molar-refractivity contribution in [3.05, 3.63) is 0 Å². The highest BCUT2D eigenvalue weighted by atomic mass is 16.4. The van der Waals surface area contributed by atoms with Crippen molar-refractivity contribution in [3.63, 3.8) is 0 Å². The Balaban J connectivity index is 4.25. The highest BCUT2D eigenvalue weighted by molar-refractivity contribution is 4.83. The van der Waals surface area contributed by atoms with E-state index in [-0.39, 0.29) is 5.41 Å². The Hall–Kier alpha value is -0.200. The molecule has 0 aromatic heterocycles. The lowest BCUT2D eigenvalue weighted by Gasteiger charge is -2.29. The van der Waals surface area contributed by atoms with Crippen LogP contribution in [0.4, 0.5) is 0 Å². The van der Waals surface area contributed by atoms with Crippen molar-refractivity contribution in [1.82, 2.24) is 0 Å². The molecular weight excluding hydrogens is 200 g/mol. The van der Waals surface area contributed by atoms with Crippen LogP contribution in [0, 0.1) is 5.41 Å². The molecule has 0 fully saturated rings. The van der Waals surface area contributed by atoms with Gasteiger partial charge in [0, 0.05) is 0 Å². The molecule has 0 aliphatic carbocycles. The molecule has 0 aliphatic rings. The fourth-order valence-corrected chi connectivity index (χ4v) is 1.31. The van der Waals surface area contributed by atoms with Gasteiger partial charge in [0.1, 0.15) is 18.3 Å². The summed E-state index contributed by atoms with van der Waals surface area (Å²) in [6.45, 7) is 5.01. The second-order valence-corrected chi connectivity index (χ2v) is 5.06. The molecule has 0 spiro atoms. The van der Waals surface area contributed by atoms with Gasteiger partial charge in [-0.05, 0) is 11.8 Å². The van der Waals surface area contributed by atoms with Crippen molar-refractivity contribution in [2.24, 2.45) is 5.41 Å². The molecule has 5 N–H and O–H groups in total. The van der Waals surface area contributed by atoms with Crippen molar-refractivity contribution in [2.45, 2.75) is 51.6 Å². The third kappa shape index (κ3) is 5.44. The molecule has 0 rings (SSSR count). The fourth-order valence-electron chi connectivity index (χ4n) is 1.31. The minimum Gasteiger partial charge on any atom is -0.394 e. The second-order valence-electron chi connectivity index (χ2n) is 5.06. The molecular formula is C10H22O5. The zero-order valence-corrected chi connectivity index (χ0v) is 9.46. The van der Waals surface area contributed by atoms with E-state index in [1.54, 1.807) is 0 Å². The van der Waals surface area contributed by atoms with Crippen molar-refractivity contribution in [1.29, 1.82) is 0 Å². The van der Waals surface area contributed by atoms with Crippen LogP contribution in [-0.4, -0.2) is 56.6 Å². The van der Waals surface area contributed by atoms with Crippen LogP contribution in [0.25, 0.3) is 0 Å². The Labute approximate surface area is 90.0 Å². The Bertz CT molecular complexity index is 177. The molecule has 0 saturated heterocycles. The normalized spacial score (nSPS) is 20.8. The van der Waals surface area contributed by atoms with E-state index in [9.17, 15) is 15.3 Å². The SMILES string of the molecule is CC(C)(C)C[C@H](O)[C@H](O)[C@H](O)[C@H](O)CO. The molecule has 92 valence electrons. The average Bonchev–Trinajstić information content (AvgIpc) is 2.11. The fraction of sp³-hybridized carbons (Fsp3) is 1.00. The Morgan fingerprint density at radius 2 is 1.27 bits per heavy atom. The summed E-state index contributed by atoms with van der Waals surface area (Å²) in [6, 6.07) is 0. The summed E-state index contributed by atoms with van der Waals surface area (Å²) in [7, 11) is 0. The predicted octanol–water partition coefficient (Wildman–Crippen LogP) is -1.14. The third-order valence-corrected chi connectivity index (χ3v) is 2.15. The maximum absolute atomic E-state index is 9.57. The number of aliphatic hydroxyl groups excluding tert-OH is 5. The monoisotopic (exact) mass is 222 g/mol. The minimum absolute atomic E-state index is 0.190. The highest BCUT2D eigenvalue weighted by Crippen LogP contribution is 2.23. The van der Waals surface area contributed by atoms with Gasteiger partial charge >= 0.3 is 0 Å². The van der Waals surface area contributed by atoms with E-state index >= 15 is 0 Å². The average molecular weight is 222 g/mol. The molecule has 0 aliphatic heterocycles. The van der Waals surface area contributed by atoms with Crippen LogP contribution < -0.4 is 0 Å². The van der Waals surface area contributed by atoms with Gasteiger partial charge in [0.15, 0.2) is 0 Å². The number of aliphatic hydroxyl groups is 5. The molecule has 0 heterocycles. The Morgan fingerprint density at radius 3 is 1.60 bits per heavy atom. The molecule has 0 saturated carbocycles. The lowest BCUT2D eigenvalue weighted by atomic mass is 9.86. The standard InChI is InChI=1S/C10H22O5/c1-10(2,3)4-6(12)8(14)9(15)7(13)5-11/h6-9,11-15H,4-5H2,1-3H3/t6-,7+,8-,9+/m0/s1. The quantitative estimate of drug-likeness (QED) is 0.405. The summed E-state index contributed by atoms with van der Waals surface area (Å²) < 4.78 is 0. The largest absolute Gasteiger partial charge is 0.394 e. The molecule has 15 heavy (non-hydrogen) atoms. The van der Waals surface area contributed by atoms with Crippen LogP contribution in [-0.2, 0) is 0 Å². The summed E-state index contributed by atoms with van der Waals surface area (Å²) in [5, 5.41) is 46.0. The van der Waals surface area contributed by atoms with Gasteiger partial charge in [-0.3, -0.25) is 0 Å². The van der Waals surface area contributed by atoms with E-state index in [4.69, 9.17) is 10.2 Å². The third-order valence-electron chi connectivity index (χ3n) is 2.15. The van der Waals surface area contributed by atoms with Crippen molar-refractivity contribution in [2.75, 3.05) is 6.61 Å².